The molecular formula is C55H102O4. The largest absolute Gasteiger partial charge is 0.457 e. The number of hydrogen-bond acceptors (Lipinski definition) is 4. The molecule has 1 atom stereocenters. The lowest BCUT2D eigenvalue weighted by molar-refractivity contribution is -0.154. The Morgan fingerprint density at radius 2 is 0.763 bits per heavy atom. The van der Waals surface area contributed by atoms with E-state index in [1.165, 1.54) is 205 Å². The molecule has 0 aromatic rings. The number of carbonyl (C=O) groups excluding carboxylic acids is 1. The van der Waals surface area contributed by atoms with Crippen molar-refractivity contribution in [2.45, 2.75) is 277 Å². The fourth-order valence-electron chi connectivity index (χ4n) is 7.79. The predicted octanol–water partition coefficient (Wildman–Crippen LogP) is 17.8. The van der Waals surface area contributed by atoms with Crippen LogP contribution in [0, 0.1) is 0 Å². The summed E-state index contributed by atoms with van der Waals surface area (Å²) in [5, 5.41) is 9.66. The van der Waals surface area contributed by atoms with Crippen LogP contribution in [0.4, 0.5) is 0 Å². The van der Waals surface area contributed by atoms with Gasteiger partial charge in [-0.3, -0.25) is 4.79 Å². The van der Waals surface area contributed by atoms with Crippen LogP contribution in [0.15, 0.2) is 48.6 Å². The number of rotatable bonds is 49. The zero-order chi connectivity index (χ0) is 42.6. The molecule has 0 spiro atoms. The van der Waals surface area contributed by atoms with E-state index < -0.39 is 6.10 Å². The van der Waals surface area contributed by atoms with Crippen molar-refractivity contribution in [3.8, 4) is 0 Å². The Bertz CT molecular complexity index is 920. The molecule has 0 rings (SSSR count). The van der Waals surface area contributed by atoms with E-state index in [1.807, 2.05) is 0 Å². The minimum Gasteiger partial charge on any atom is -0.457 e. The number of aliphatic hydroxyl groups is 1. The highest BCUT2D eigenvalue weighted by Crippen LogP contribution is 2.17. The number of carbonyl (C=O) groups is 1. The van der Waals surface area contributed by atoms with Crippen molar-refractivity contribution in [2.75, 3.05) is 19.8 Å². The first-order valence-corrected chi connectivity index (χ1v) is 26.2. The van der Waals surface area contributed by atoms with Gasteiger partial charge in [0.2, 0.25) is 0 Å². The Labute approximate surface area is 369 Å². The molecule has 0 saturated heterocycles. The van der Waals surface area contributed by atoms with Gasteiger partial charge in [0.1, 0.15) is 6.10 Å². The summed E-state index contributed by atoms with van der Waals surface area (Å²) >= 11 is 0. The summed E-state index contributed by atoms with van der Waals surface area (Å²) in [6.45, 7) is 5.26. The maximum atomic E-state index is 12.3. The maximum Gasteiger partial charge on any atom is 0.306 e. The lowest BCUT2D eigenvalue weighted by atomic mass is 10.0. The van der Waals surface area contributed by atoms with Crippen LogP contribution < -0.4 is 0 Å². The van der Waals surface area contributed by atoms with E-state index in [9.17, 15) is 9.90 Å². The second kappa shape index (κ2) is 52.5. The van der Waals surface area contributed by atoms with E-state index in [0.29, 0.717) is 19.6 Å². The molecule has 0 aliphatic heterocycles. The third-order valence-corrected chi connectivity index (χ3v) is 11.7. The molecule has 4 nitrogen and oxygen atoms in total. The Hall–Kier alpha value is -1.65. The Morgan fingerprint density at radius 3 is 1.15 bits per heavy atom. The van der Waals surface area contributed by atoms with Crippen molar-refractivity contribution in [3.63, 3.8) is 0 Å². The third-order valence-electron chi connectivity index (χ3n) is 11.7. The van der Waals surface area contributed by atoms with E-state index >= 15 is 0 Å². The quantitative estimate of drug-likeness (QED) is 0.0377. The molecule has 0 aliphatic carbocycles. The second-order valence-corrected chi connectivity index (χ2v) is 17.6. The van der Waals surface area contributed by atoms with Crippen LogP contribution in [-0.2, 0) is 14.3 Å². The van der Waals surface area contributed by atoms with Crippen LogP contribution in [-0.4, -0.2) is 37.0 Å². The van der Waals surface area contributed by atoms with E-state index in [4.69, 9.17) is 9.47 Å². The summed E-state index contributed by atoms with van der Waals surface area (Å²) < 4.78 is 11.2. The number of ether oxygens (including phenoxy) is 2. The average molecular weight is 827 g/mol. The second-order valence-electron chi connectivity index (χ2n) is 17.6. The monoisotopic (exact) mass is 827 g/mol. The van der Waals surface area contributed by atoms with Crippen LogP contribution in [0.2, 0.25) is 0 Å². The predicted molar refractivity (Wildman–Crippen MR) is 260 cm³/mol. The van der Waals surface area contributed by atoms with Crippen LogP contribution in [0.3, 0.4) is 0 Å². The molecule has 0 aromatic carbocycles. The first-order chi connectivity index (χ1) is 29.2. The number of allylic oxidation sites excluding steroid dienone is 8. The summed E-state index contributed by atoms with van der Waals surface area (Å²) in [5.41, 5.74) is 0. The van der Waals surface area contributed by atoms with Crippen LogP contribution >= 0.6 is 0 Å². The van der Waals surface area contributed by atoms with Crippen molar-refractivity contribution in [1.29, 1.82) is 0 Å². The van der Waals surface area contributed by atoms with Gasteiger partial charge in [-0.2, -0.15) is 0 Å². The Kier molecular flexibility index (Phi) is 51.0. The number of aliphatic hydroxyl groups excluding tert-OH is 1. The molecule has 1 unspecified atom stereocenters. The average Bonchev–Trinajstić information content (AvgIpc) is 3.24. The van der Waals surface area contributed by atoms with Crippen molar-refractivity contribution >= 4 is 5.97 Å². The summed E-state index contributed by atoms with van der Waals surface area (Å²) in [6.07, 6.45) is 69.3. The van der Waals surface area contributed by atoms with Gasteiger partial charge in [0.15, 0.2) is 0 Å². The molecular weight excluding hydrogens is 725 g/mol. The zero-order valence-electron chi connectivity index (χ0n) is 39.8. The molecule has 4 heteroatoms. The smallest absolute Gasteiger partial charge is 0.306 e. The summed E-state index contributed by atoms with van der Waals surface area (Å²) in [4.78, 5) is 12.3. The van der Waals surface area contributed by atoms with E-state index in [2.05, 4.69) is 62.5 Å². The molecule has 0 aromatic heterocycles. The third kappa shape index (κ3) is 50.6. The van der Waals surface area contributed by atoms with Gasteiger partial charge in [0.25, 0.3) is 0 Å². The molecule has 0 aliphatic rings. The molecule has 0 heterocycles. The van der Waals surface area contributed by atoms with Gasteiger partial charge in [-0.15, -0.1) is 0 Å². The summed E-state index contributed by atoms with van der Waals surface area (Å²) in [6, 6.07) is 0. The summed E-state index contributed by atoms with van der Waals surface area (Å²) in [5.74, 6) is -0.198. The molecule has 59 heavy (non-hydrogen) atoms. The number of unbranched alkanes of at least 4 members (excludes halogenated alkanes) is 33. The summed E-state index contributed by atoms with van der Waals surface area (Å²) in [7, 11) is 0. The lowest BCUT2D eigenvalue weighted by Gasteiger charge is -2.16. The van der Waals surface area contributed by atoms with E-state index in [0.717, 1.165) is 44.9 Å². The Morgan fingerprint density at radius 1 is 0.424 bits per heavy atom. The molecule has 1 N–H and O–H groups in total. The minimum absolute atomic E-state index is 0.172. The normalized spacial score (nSPS) is 12.7. The molecule has 0 radical (unpaired) electrons. The van der Waals surface area contributed by atoms with Gasteiger partial charge in [0.05, 0.1) is 13.2 Å². The van der Waals surface area contributed by atoms with Crippen molar-refractivity contribution in [2.24, 2.45) is 0 Å². The highest BCUT2D eigenvalue weighted by molar-refractivity contribution is 5.69. The van der Waals surface area contributed by atoms with Crippen LogP contribution in [0.1, 0.15) is 271 Å². The number of hydrogen-bond donors (Lipinski definition) is 1. The SMILES string of the molecule is CC/C=C\C/C=C\C/C=C\C/C=C\CCCCCCCCCCCOCC(CO)OC(=O)CCCCCCCCCCCCCCCCCCCCCCCCCCC. The first kappa shape index (κ1) is 57.3. The van der Waals surface area contributed by atoms with Gasteiger partial charge in [0, 0.05) is 13.0 Å². The van der Waals surface area contributed by atoms with Gasteiger partial charge < -0.3 is 14.6 Å². The number of esters is 1. The van der Waals surface area contributed by atoms with Crippen molar-refractivity contribution in [3.05, 3.63) is 48.6 Å². The molecule has 0 bridgehead atoms. The standard InChI is InChI=1S/C55H102O4/c1-3-5-7-9-11-13-15-17-19-21-23-25-27-28-29-30-32-34-36-38-40-42-44-46-48-50-55(57)59-54(52-56)53-58-51-49-47-45-43-41-39-37-35-33-31-26-24-22-20-18-16-14-12-10-8-6-4-2/h6,8,12,14,18,20,24,26,54,56H,3-5,7,9-11,13,15-17,19,21-23,25,27-53H2,1-2H3/b8-6-,14-12-,20-18-,26-24-. The topological polar surface area (TPSA) is 55.8 Å². The minimum atomic E-state index is -0.537. The molecule has 0 saturated carbocycles. The lowest BCUT2D eigenvalue weighted by Crippen LogP contribution is -2.27. The van der Waals surface area contributed by atoms with Crippen LogP contribution in [0.25, 0.3) is 0 Å². The van der Waals surface area contributed by atoms with Gasteiger partial charge >= 0.3 is 5.97 Å². The fourth-order valence-corrected chi connectivity index (χ4v) is 7.79. The maximum absolute atomic E-state index is 12.3. The zero-order valence-corrected chi connectivity index (χ0v) is 39.8. The molecule has 0 amide bonds. The van der Waals surface area contributed by atoms with Crippen molar-refractivity contribution < 1.29 is 19.4 Å². The molecule has 346 valence electrons. The van der Waals surface area contributed by atoms with Gasteiger partial charge in [-0.05, 0) is 51.4 Å². The fraction of sp³-hybridized carbons (Fsp3) is 0.836. The van der Waals surface area contributed by atoms with E-state index in [1.54, 1.807) is 0 Å². The molecule has 0 fully saturated rings. The van der Waals surface area contributed by atoms with Gasteiger partial charge in [-0.25, -0.2) is 0 Å². The van der Waals surface area contributed by atoms with Gasteiger partial charge in [-0.1, -0.05) is 262 Å². The Balaban J connectivity index is 3.38. The highest BCUT2D eigenvalue weighted by atomic mass is 16.6. The van der Waals surface area contributed by atoms with Crippen molar-refractivity contribution in [1.82, 2.24) is 0 Å². The first-order valence-electron chi connectivity index (χ1n) is 26.2. The van der Waals surface area contributed by atoms with E-state index in [-0.39, 0.29) is 12.6 Å². The highest BCUT2D eigenvalue weighted by Gasteiger charge is 2.13. The van der Waals surface area contributed by atoms with Crippen LogP contribution in [0.5, 0.6) is 0 Å².